The maximum atomic E-state index is 5.40. The largest absolute Gasteiger partial charge is 0.345 e. The number of aromatic nitrogens is 4. The normalized spacial score (nSPS) is 18.0. The minimum Gasteiger partial charge on any atom is -0.345 e. The maximum Gasteiger partial charge on any atom is 0.229 e. The molecule has 0 aliphatic carbocycles. The van der Waals surface area contributed by atoms with E-state index in [1.54, 1.807) is 0 Å². The first-order chi connectivity index (χ1) is 11.6. The van der Waals surface area contributed by atoms with Gasteiger partial charge in [-0.05, 0) is 31.9 Å². The molecule has 1 atom stereocenters. The Bertz CT molecular complexity index is 873. The number of hydrogen-bond acceptors (Lipinski definition) is 6. The zero-order valence-electron chi connectivity index (χ0n) is 14.2. The summed E-state index contributed by atoms with van der Waals surface area (Å²) in [5.41, 5.74) is 2.78. The van der Waals surface area contributed by atoms with Crippen molar-refractivity contribution >= 4 is 16.9 Å². The van der Waals surface area contributed by atoms with Crippen molar-refractivity contribution in [2.75, 3.05) is 11.4 Å². The van der Waals surface area contributed by atoms with Gasteiger partial charge in [0.25, 0.3) is 0 Å². The van der Waals surface area contributed by atoms with Crippen LogP contribution in [-0.2, 0) is 0 Å². The number of benzene rings is 1. The highest BCUT2D eigenvalue weighted by atomic mass is 16.5. The van der Waals surface area contributed by atoms with E-state index in [0.29, 0.717) is 5.89 Å². The van der Waals surface area contributed by atoms with E-state index in [1.807, 2.05) is 31.2 Å². The smallest absolute Gasteiger partial charge is 0.229 e. The summed E-state index contributed by atoms with van der Waals surface area (Å²) >= 11 is 0. The molecule has 0 amide bonds. The summed E-state index contributed by atoms with van der Waals surface area (Å²) in [7, 11) is 0. The van der Waals surface area contributed by atoms with Crippen molar-refractivity contribution in [1.82, 2.24) is 20.1 Å². The van der Waals surface area contributed by atoms with Gasteiger partial charge in [-0.3, -0.25) is 0 Å². The summed E-state index contributed by atoms with van der Waals surface area (Å²) < 4.78 is 5.40. The third-order valence-corrected chi connectivity index (χ3v) is 4.49. The first-order valence-electron chi connectivity index (χ1n) is 8.47. The molecule has 3 aromatic rings. The summed E-state index contributed by atoms with van der Waals surface area (Å²) in [5, 5.41) is 4.21. The van der Waals surface area contributed by atoms with Crippen molar-refractivity contribution in [2.24, 2.45) is 0 Å². The Hall–Kier alpha value is -2.50. The van der Waals surface area contributed by atoms with Crippen LogP contribution in [0.25, 0.3) is 11.0 Å². The molecule has 1 aromatic carbocycles. The highest BCUT2D eigenvalue weighted by Crippen LogP contribution is 2.36. The van der Waals surface area contributed by atoms with Crippen molar-refractivity contribution in [3.63, 3.8) is 0 Å². The predicted molar refractivity (Wildman–Crippen MR) is 92.0 cm³/mol. The molecule has 0 spiro atoms. The second-order valence-corrected chi connectivity index (χ2v) is 6.62. The molecule has 1 aliphatic rings. The lowest BCUT2D eigenvalue weighted by atomic mass is 10.2. The van der Waals surface area contributed by atoms with E-state index < -0.39 is 0 Å². The molecule has 0 N–H and O–H groups in total. The van der Waals surface area contributed by atoms with Gasteiger partial charge in [-0.25, -0.2) is 9.97 Å². The minimum atomic E-state index is 0.107. The molecule has 2 aromatic heterocycles. The van der Waals surface area contributed by atoms with Gasteiger partial charge in [-0.2, -0.15) is 4.98 Å². The van der Waals surface area contributed by atoms with Crippen molar-refractivity contribution in [1.29, 1.82) is 0 Å². The molecule has 4 rings (SSSR count). The molecule has 1 fully saturated rings. The van der Waals surface area contributed by atoms with Crippen LogP contribution in [-0.4, -0.2) is 26.7 Å². The van der Waals surface area contributed by atoms with Crippen LogP contribution in [0, 0.1) is 6.92 Å². The number of rotatable bonds is 3. The fourth-order valence-electron chi connectivity index (χ4n) is 3.26. The number of anilines is 1. The molecule has 1 unspecified atom stereocenters. The molecule has 6 heteroatoms. The van der Waals surface area contributed by atoms with E-state index in [2.05, 4.69) is 28.9 Å². The molecular formula is C18H21N5O. The van der Waals surface area contributed by atoms with Crippen molar-refractivity contribution in [3.8, 4) is 0 Å². The molecule has 1 aliphatic heterocycles. The molecule has 0 saturated carbocycles. The summed E-state index contributed by atoms with van der Waals surface area (Å²) in [4.78, 5) is 16.4. The Balaban J connectivity index is 1.73. The Labute approximate surface area is 140 Å². The monoisotopic (exact) mass is 323 g/mol. The fraction of sp³-hybridized carbons (Fsp3) is 0.444. The molecule has 24 heavy (non-hydrogen) atoms. The van der Waals surface area contributed by atoms with E-state index in [-0.39, 0.29) is 12.0 Å². The van der Waals surface area contributed by atoms with Gasteiger partial charge in [0.2, 0.25) is 5.89 Å². The standard InChI is InChI=1S/C18H21N5O/c1-11(2)18-21-16(22-24-18)15-9-6-10-23(15)17-12(3)19-13-7-4-5-8-14(13)20-17/h4-5,7-8,11,15H,6,9-10H2,1-3H3. The number of fused-ring (bicyclic) bond motifs is 1. The van der Waals surface area contributed by atoms with E-state index in [1.165, 1.54) is 0 Å². The van der Waals surface area contributed by atoms with Gasteiger partial charge in [0.1, 0.15) is 0 Å². The zero-order valence-corrected chi connectivity index (χ0v) is 14.2. The predicted octanol–water partition coefficient (Wildman–Crippen LogP) is 3.79. The second kappa shape index (κ2) is 5.85. The minimum absolute atomic E-state index is 0.107. The van der Waals surface area contributed by atoms with Gasteiger partial charge in [-0.15, -0.1) is 0 Å². The number of hydrogen-bond donors (Lipinski definition) is 0. The lowest BCUT2D eigenvalue weighted by Crippen LogP contribution is -2.25. The average molecular weight is 323 g/mol. The van der Waals surface area contributed by atoms with Gasteiger partial charge < -0.3 is 9.42 Å². The third-order valence-electron chi connectivity index (χ3n) is 4.49. The van der Waals surface area contributed by atoms with Crippen LogP contribution >= 0.6 is 0 Å². The molecule has 1 saturated heterocycles. The summed E-state index contributed by atoms with van der Waals surface area (Å²) in [5.74, 6) is 2.61. The van der Waals surface area contributed by atoms with E-state index in [9.17, 15) is 0 Å². The molecule has 124 valence electrons. The Kier molecular flexibility index (Phi) is 3.67. The number of aryl methyl sites for hydroxylation is 1. The van der Waals surface area contributed by atoms with Gasteiger partial charge in [0.05, 0.1) is 22.8 Å². The Morgan fingerprint density at radius 1 is 1.12 bits per heavy atom. The second-order valence-electron chi connectivity index (χ2n) is 6.62. The summed E-state index contributed by atoms with van der Waals surface area (Å²) in [6, 6.07) is 8.08. The third kappa shape index (κ3) is 2.52. The molecule has 6 nitrogen and oxygen atoms in total. The SMILES string of the molecule is Cc1nc2ccccc2nc1N1CCCC1c1noc(C(C)C)n1. The molecule has 0 bridgehead atoms. The topological polar surface area (TPSA) is 67.9 Å². The molecule has 0 radical (unpaired) electrons. The van der Waals surface area contributed by atoms with Crippen LogP contribution in [0.5, 0.6) is 0 Å². The van der Waals surface area contributed by atoms with Gasteiger partial charge in [-0.1, -0.05) is 31.1 Å². The summed E-state index contributed by atoms with van der Waals surface area (Å²) in [6.45, 7) is 7.06. The van der Waals surface area contributed by atoms with Crippen LogP contribution in [0.4, 0.5) is 5.82 Å². The average Bonchev–Trinajstić information content (AvgIpc) is 3.23. The zero-order chi connectivity index (χ0) is 16.7. The van der Waals surface area contributed by atoms with Gasteiger partial charge >= 0.3 is 0 Å². The van der Waals surface area contributed by atoms with Crippen molar-refractivity contribution in [2.45, 2.75) is 45.6 Å². The highest BCUT2D eigenvalue weighted by Gasteiger charge is 2.32. The molecule has 3 heterocycles. The van der Waals surface area contributed by atoms with Crippen molar-refractivity contribution in [3.05, 3.63) is 41.7 Å². The summed E-state index contributed by atoms with van der Waals surface area (Å²) in [6.07, 6.45) is 2.09. The Morgan fingerprint density at radius 2 is 1.88 bits per heavy atom. The van der Waals surface area contributed by atoms with Gasteiger partial charge in [0, 0.05) is 12.5 Å². The van der Waals surface area contributed by atoms with Crippen LogP contribution in [0.2, 0.25) is 0 Å². The van der Waals surface area contributed by atoms with Gasteiger partial charge in [0.15, 0.2) is 11.6 Å². The van der Waals surface area contributed by atoms with E-state index in [4.69, 9.17) is 14.5 Å². The Morgan fingerprint density at radius 3 is 2.58 bits per heavy atom. The fourth-order valence-corrected chi connectivity index (χ4v) is 3.26. The first kappa shape index (κ1) is 15.1. The highest BCUT2D eigenvalue weighted by molar-refractivity contribution is 5.76. The van der Waals surface area contributed by atoms with E-state index in [0.717, 1.165) is 47.8 Å². The van der Waals surface area contributed by atoms with Crippen LogP contribution in [0.15, 0.2) is 28.8 Å². The lowest BCUT2D eigenvalue weighted by Gasteiger charge is -2.24. The first-order valence-corrected chi connectivity index (χ1v) is 8.47. The maximum absolute atomic E-state index is 5.40. The number of nitrogens with zero attached hydrogens (tertiary/aromatic N) is 5. The van der Waals surface area contributed by atoms with Crippen molar-refractivity contribution < 1.29 is 4.52 Å². The van der Waals surface area contributed by atoms with Crippen LogP contribution in [0.1, 0.15) is 56.1 Å². The quantitative estimate of drug-likeness (QED) is 0.730. The van der Waals surface area contributed by atoms with Crippen LogP contribution in [0.3, 0.4) is 0 Å². The van der Waals surface area contributed by atoms with Crippen LogP contribution < -0.4 is 4.90 Å². The number of para-hydroxylation sites is 2. The lowest BCUT2D eigenvalue weighted by molar-refractivity contribution is 0.358. The van der Waals surface area contributed by atoms with E-state index >= 15 is 0 Å². The molecular weight excluding hydrogens is 302 g/mol.